The number of hydrogen-bond donors (Lipinski definition) is 0. The van der Waals surface area contributed by atoms with E-state index in [2.05, 4.69) is 4.18 Å². The van der Waals surface area contributed by atoms with Crippen LogP contribution in [0.3, 0.4) is 0 Å². The summed E-state index contributed by atoms with van der Waals surface area (Å²) < 4.78 is 61.2. The summed E-state index contributed by atoms with van der Waals surface area (Å²) in [5.74, 6) is 0. The molecule has 2 rings (SSSR count). The van der Waals surface area contributed by atoms with Gasteiger partial charge in [0.05, 0.1) is 0 Å². The summed E-state index contributed by atoms with van der Waals surface area (Å²) in [5.41, 5.74) is -4.38. The van der Waals surface area contributed by atoms with Crippen LogP contribution in [0.2, 0.25) is 0 Å². The molecule has 0 saturated carbocycles. The third-order valence-electron chi connectivity index (χ3n) is 3.02. The Labute approximate surface area is 126 Å². The highest BCUT2D eigenvalue weighted by Gasteiger charge is 2.47. The second-order valence-electron chi connectivity index (χ2n) is 4.54. The maximum Gasteiger partial charge on any atom is 0.534 e. The van der Waals surface area contributed by atoms with Crippen molar-refractivity contribution in [1.29, 1.82) is 0 Å². The lowest BCUT2D eigenvalue weighted by Crippen LogP contribution is -2.23. The first-order valence-corrected chi connectivity index (χ1v) is 7.83. The molecule has 22 heavy (non-hydrogen) atoms. The Morgan fingerprint density at radius 1 is 1.05 bits per heavy atom. The average molecular weight is 330 g/mol. The predicted octanol–water partition coefficient (Wildman–Crippen LogP) is 4.15. The van der Waals surface area contributed by atoms with Crippen molar-refractivity contribution in [2.45, 2.75) is 18.3 Å². The predicted molar refractivity (Wildman–Crippen MR) is 77.5 cm³/mol. The van der Waals surface area contributed by atoms with Crippen molar-refractivity contribution in [3.05, 3.63) is 60.4 Å². The zero-order valence-corrected chi connectivity index (χ0v) is 12.2. The Morgan fingerprint density at radius 2 is 1.73 bits per heavy atom. The van der Waals surface area contributed by atoms with Crippen LogP contribution >= 0.6 is 0 Å². The van der Waals surface area contributed by atoms with Crippen LogP contribution < -0.4 is 0 Å². The van der Waals surface area contributed by atoms with E-state index < -0.39 is 15.6 Å². The van der Waals surface area contributed by atoms with Gasteiger partial charge in [-0.3, -0.25) is 0 Å². The lowest BCUT2D eigenvalue weighted by atomic mass is 10.0. The first-order valence-electron chi connectivity index (χ1n) is 6.42. The Kier molecular flexibility index (Phi) is 4.75. The van der Waals surface area contributed by atoms with Gasteiger partial charge in [-0.25, -0.2) is 0 Å². The van der Waals surface area contributed by atoms with E-state index in [1.807, 2.05) is 42.5 Å². The Hall–Kier alpha value is -2.02. The molecule has 0 aliphatic heterocycles. The summed E-state index contributed by atoms with van der Waals surface area (Å²) in [6.07, 6.45) is 2.74. The molecule has 2 aromatic rings. The number of fused-ring (bicyclic) bond motifs is 1. The summed E-state index contributed by atoms with van der Waals surface area (Å²) in [7, 11) is -5.56. The molecule has 118 valence electrons. The van der Waals surface area contributed by atoms with Crippen LogP contribution in [0.5, 0.6) is 0 Å². The normalized spacial score (nSPS) is 12.9. The molecule has 0 fully saturated rings. The van der Waals surface area contributed by atoms with Crippen molar-refractivity contribution in [1.82, 2.24) is 0 Å². The Morgan fingerprint density at radius 3 is 2.45 bits per heavy atom. The molecule has 3 nitrogen and oxygen atoms in total. The quantitative estimate of drug-likeness (QED) is 0.470. The molecule has 0 heterocycles. The Bertz CT molecular complexity index is 775. The monoisotopic (exact) mass is 330 g/mol. The van der Waals surface area contributed by atoms with Crippen molar-refractivity contribution in [2.24, 2.45) is 0 Å². The van der Waals surface area contributed by atoms with Gasteiger partial charge in [0.2, 0.25) is 0 Å². The number of halogens is 3. The molecule has 0 aliphatic carbocycles. The van der Waals surface area contributed by atoms with Crippen molar-refractivity contribution in [3.8, 4) is 0 Å². The van der Waals surface area contributed by atoms with Crippen LogP contribution in [-0.2, 0) is 20.7 Å². The summed E-state index contributed by atoms with van der Waals surface area (Å²) in [6.45, 7) is 0. The molecule has 0 atom stereocenters. The second kappa shape index (κ2) is 6.39. The molecule has 7 heteroatoms. The summed E-state index contributed by atoms with van der Waals surface area (Å²) in [6, 6.07) is 13.5. The summed E-state index contributed by atoms with van der Waals surface area (Å²) in [4.78, 5) is 0. The highest BCUT2D eigenvalue weighted by molar-refractivity contribution is 7.87. The maximum absolute atomic E-state index is 12.0. The van der Waals surface area contributed by atoms with E-state index in [4.69, 9.17) is 0 Å². The van der Waals surface area contributed by atoms with Gasteiger partial charge in [-0.15, -0.1) is 0 Å². The summed E-state index contributed by atoms with van der Waals surface area (Å²) in [5, 5.41) is 2.13. The Balaban J connectivity index is 1.98. The van der Waals surface area contributed by atoms with Crippen LogP contribution in [-0.4, -0.2) is 13.9 Å². The van der Waals surface area contributed by atoms with Crippen LogP contribution in [0, 0.1) is 0 Å². The van der Waals surface area contributed by atoms with Crippen molar-refractivity contribution in [2.75, 3.05) is 0 Å². The zero-order valence-electron chi connectivity index (χ0n) is 11.4. The van der Waals surface area contributed by atoms with Gasteiger partial charge in [0, 0.05) is 0 Å². The number of alkyl halides is 3. The van der Waals surface area contributed by atoms with E-state index in [0.29, 0.717) is 19.1 Å². The molecular weight excluding hydrogens is 317 g/mol. The second-order valence-corrected chi connectivity index (χ2v) is 6.11. The van der Waals surface area contributed by atoms with Crippen LogP contribution in [0.15, 0.2) is 54.8 Å². The fourth-order valence-corrected chi connectivity index (χ4v) is 2.32. The van der Waals surface area contributed by atoms with Gasteiger partial charge >= 0.3 is 15.6 Å². The molecular formula is C15H13F3O3S. The summed E-state index contributed by atoms with van der Waals surface area (Å²) >= 11 is 0. The number of rotatable bonds is 5. The minimum Gasteiger partial charge on any atom is -0.384 e. The maximum atomic E-state index is 12.0. The smallest absolute Gasteiger partial charge is 0.384 e. The SMILES string of the molecule is O=S(=O)(OC=CCCc1cccc2ccccc12)C(F)(F)F. The van der Waals surface area contributed by atoms with E-state index in [0.717, 1.165) is 16.3 Å². The lowest BCUT2D eigenvalue weighted by molar-refractivity contribution is -0.0515. The molecule has 0 radical (unpaired) electrons. The van der Waals surface area contributed by atoms with Gasteiger partial charge in [-0.2, -0.15) is 21.6 Å². The van der Waals surface area contributed by atoms with E-state index in [9.17, 15) is 21.6 Å². The number of benzene rings is 2. The van der Waals surface area contributed by atoms with E-state index in [1.165, 1.54) is 6.08 Å². The lowest BCUT2D eigenvalue weighted by Gasteiger charge is -2.06. The molecule has 0 spiro atoms. The van der Waals surface area contributed by atoms with Gasteiger partial charge in [0.15, 0.2) is 0 Å². The van der Waals surface area contributed by atoms with Crippen molar-refractivity contribution < 1.29 is 25.8 Å². The zero-order chi connectivity index (χ0) is 16.2. The van der Waals surface area contributed by atoms with Crippen LogP contribution in [0.4, 0.5) is 13.2 Å². The molecule has 0 bridgehead atoms. The topological polar surface area (TPSA) is 43.4 Å². The van der Waals surface area contributed by atoms with Gasteiger partial charge in [-0.1, -0.05) is 42.5 Å². The van der Waals surface area contributed by atoms with Gasteiger partial charge < -0.3 is 4.18 Å². The molecule has 0 aromatic heterocycles. The van der Waals surface area contributed by atoms with E-state index in [1.54, 1.807) is 0 Å². The molecule has 0 unspecified atom stereocenters. The van der Waals surface area contributed by atoms with Gasteiger partial charge in [0.25, 0.3) is 0 Å². The number of hydrogen-bond acceptors (Lipinski definition) is 3. The van der Waals surface area contributed by atoms with Crippen molar-refractivity contribution in [3.63, 3.8) is 0 Å². The minimum absolute atomic E-state index is 0.362. The van der Waals surface area contributed by atoms with E-state index in [-0.39, 0.29) is 0 Å². The van der Waals surface area contributed by atoms with E-state index >= 15 is 0 Å². The molecule has 2 aromatic carbocycles. The molecule has 0 saturated heterocycles. The van der Waals surface area contributed by atoms with Crippen LogP contribution in [0.25, 0.3) is 10.8 Å². The largest absolute Gasteiger partial charge is 0.534 e. The third kappa shape index (κ3) is 3.79. The average Bonchev–Trinajstić information content (AvgIpc) is 2.46. The van der Waals surface area contributed by atoms with Crippen LogP contribution in [0.1, 0.15) is 12.0 Å². The molecule has 0 aliphatic rings. The van der Waals surface area contributed by atoms with Crippen molar-refractivity contribution >= 4 is 20.9 Å². The minimum atomic E-state index is -5.56. The first kappa shape index (κ1) is 16.4. The fourth-order valence-electron chi connectivity index (χ4n) is 1.98. The molecule has 0 amide bonds. The fraction of sp³-hybridized carbons (Fsp3) is 0.200. The third-order valence-corrected chi connectivity index (χ3v) is 3.95. The highest BCUT2D eigenvalue weighted by Crippen LogP contribution is 2.25. The molecule has 0 N–H and O–H groups in total. The van der Waals surface area contributed by atoms with Gasteiger partial charge in [0.1, 0.15) is 6.26 Å². The van der Waals surface area contributed by atoms with Gasteiger partial charge in [-0.05, 0) is 35.3 Å². The highest BCUT2D eigenvalue weighted by atomic mass is 32.2. The standard InChI is InChI=1S/C15H13F3O3S/c16-15(17,18)22(19,20)21-11-4-3-7-13-9-5-8-12-6-1-2-10-14(12)13/h1-2,4-6,8-11H,3,7H2. The number of aryl methyl sites for hydroxylation is 1. The number of allylic oxidation sites excluding steroid dienone is 1. The first-order chi connectivity index (χ1) is 10.3.